The van der Waals surface area contributed by atoms with Gasteiger partial charge in [0.25, 0.3) is 0 Å². The van der Waals surface area contributed by atoms with Gasteiger partial charge >= 0.3 is 0 Å². The van der Waals surface area contributed by atoms with Crippen LogP contribution in [0.2, 0.25) is 0 Å². The molecule has 1 heterocycles. The molecule has 1 aliphatic carbocycles. The molecule has 3 aromatic carbocycles. The molecule has 1 saturated heterocycles. The smallest absolute Gasteiger partial charge is 0.170 e. The summed E-state index contributed by atoms with van der Waals surface area (Å²) in [4.78, 5) is 2.63. The molecule has 1 N–H and O–H groups in total. The van der Waals surface area contributed by atoms with Crippen molar-refractivity contribution in [2.75, 3.05) is 26.2 Å². The maximum atomic E-state index is 6.32. The summed E-state index contributed by atoms with van der Waals surface area (Å²) in [6, 6.07) is 26.8. The molecule has 0 bridgehead atoms. The van der Waals surface area contributed by atoms with Crippen LogP contribution >= 0.6 is 0 Å². The molecule has 0 amide bonds. The molecular formula is C27H30N2O2. The van der Waals surface area contributed by atoms with Crippen molar-refractivity contribution in [1.29, 1.82) is 0 Å². The summed E-state index contributed by atoms with van der Waals surface area (Å²) in [5.41, 5.74) is 1.32. The highest BCUT2D eigenvalue weighted by Crippen LogP contribution is 2.43. The summed E-state index contributed by atoms with van der Waals surface area (Å²) in [6.07, 6.45) is 3.96. The largest absolute Gasteiger partial charge is 0.453 e. The summed E-state index contributed by atoms with van der Waals surface area (Å²) in [5, 5.41) is 3.48. The fraction of sp³-hybridized carbons (Fsp3) is 0.333. The van der Waals surface area contributed by atoms with Crippen LogP contribution in [-0.2, 0) is 0 Å². The molecule has 0 radical (unpaired) electrons. The van der Waals surface area contributed by atoms with Crippen LogP contribution < -0.4 is 14.8 Å². The van der Waals surface area contributed by atoms with Gasteiger partial charge in [-0.15, -0.1) is 0 Å². The molecule has 0 spiro atoms. The fourth-order valence-corrected chi connectivity index (χ4v) is 4.29. The van der Waals surface area contributed by atoms with Crippen LogP contribution in [0.1, 0.15) is 30.9 Å². The van der Waals surface area contributed by atoms with Crippen LogP contribution in [0, 0.1) is 5.92 Å². The van der Waals surface area contributed by atoms with Gasteiger partial charge < -0.3 is 14.8 Å². The minimum atomic E-state index is 0.429. The van der Waals surface area contributed by atoms with E-state index in [9.17, 15) is 0 Å². The Morgan fingerprint density at radius 2 is 1.39 bits per heavy atom. The van der Waals surface area contributed by atoms with Crippen molar-refractivity contribution in [3.8, 4) is 23.0 Å². The van der Waals surface area contributed by atoms with Crippen molar-refractivity contribution in [2.24, 2.45) is 5.92 Å². The van der Waals surface area contributed by atoms with Crippen molar-refractivity contribution in [2.45, 2.75) is 25.3 Å². The lowest BCUT2D eigenvalue weighted by Gasteiger charge is -2.35. The molecule has 0 unspecified atom stereocenters. The molecule has 1 saturated carbocycles. The Hall–Kier alpha value is -2.82. The van der Waals surface area contributed by atoms with E-state index in [0.29, 0.717) is 6.04 Å². The van der Waals surface area contributed by atoms with Gasteiger partial charge in [-0.1, -0.05) is 55.3 Å². The third-order valence-electron chi connectivity index (χ3n) is 6.14. The Kier molecular flexibility index (Phi) is 6.19. The number of benzene rings is 3. The van der Waals surface area contributed by atoms with Crippen molar-refractivity contribution in [1.82, 2.24) is 10.2 Å². The average molecular weight is 415 g/mol. The fourth-order valence-electron chi connectivity index (χ4n) is 4.29. The monoisotopic (exact) mass is 414 g/mol. The number of hydrogen-bond donors (Lipinski definition) is 1. The number of rotatable bonds is 8. The van der Waals surface area contributed by atoms with Crippen LogP contribution in [0.5, 0.6) is 23.0 Å². The topological polar surface area (TPSA) is 33.7 Å². The maximum Gasteiger partial charge on any atom is 0.170 e. The first kappa shape index (κ1) is 20.1. The first-order chi connectivity index (χ1) is 15.3. The summed E-state index contributed by atoms with van der Waals surface area (Å²) in [6.45, 7) is 4.30. The Morgan fingerprint density at radius 3 is 2.00 bits per heavy atom. The van der Waals surface area contributed by atoms with Crippen molar-refractivity contribution >= 4 is 0 Å². The predicted octanol–water partition coefficient (Wildman–Crippen LogP) is 6.02. The van der Waals surface area contributed by atoms with Gasteiger partial charge in [-0.25, -0.2) is 0 Å². The third kappa shape index (κ3) is 5.27. The predicted molar refractivity (Wildman–Crippen MR) is 124 cm³/mol. The molecule has 5 rings (SSSR count). The normalized spacial score (nSPS) is 17.8. The first-order valence-corrected chi connectivity index (χ1v) is 11.4. The standard InChI is InChI=1S/C27H30N2O2/c1-3-7-23(8-4-1)30-26-14-13-22(20-27(26)31-24-9-5-2-6-10-24)25(19-21-11-12-21)29-17-15-28-16-18-29/h1-10,13-14,20-21,25,28H,11-12,15-19H2/t25-/m0/s1. The lowest BCUT2D eigenvalue weighted by molar-refractivity contribution is 0.160. The molecule has 2 fully saturated rings. The Bertz CT molecular complexity index is 967. The van der Waals surface area contributed by atoms with Gasteiger partial charge in [0.1, 0.15) is 11.5 Å². The number of nitrogens with one attached hydrogen (secondary N) is 1. The molecule has 3 aromatic rings. The van der Waals surface area contributed by atoms with E-state index < -0.39 is 0 Å². The second kappa shape index (κ2) is 9.54. The summed E-state index contributed by atoms with van der Waals surface area (Å²) in [7, 11) is 0. The first-order valence-electron chi connectivity index (χ1n) is 11.4. The van der Waals surface area contributed by atoms with E-state index in [1.54, 1.807) is 0 Å². The number of para-hydroxylation sites is 2. The quantitative estimate of drug-likeness (QED) is 0.489. The number of ether oxygens (including phenoxy) is 2. The maximum absolute atomic E-state index is 6.32. The van der Waals surface area contributed by atoms with Gasteiger partial charge in [0.15, 0.2) is 11.5 Å². The Morgan fingerprint density at radius 1 is 0.774 bits per heavy atom. The van der Waals surface area contributed by atoms with Crippen LogP contribution in [-0.4, -0.2) is 31.1 Å². The van der Waals surface area contributed by atoms with E-state index in [-0.39, 0.29) is 0 Å². The van der Waals surface area contributed by atoms with Crippen molar-refractivity contribution in [3.63, 3.8) is 0 Å². The Balaban J connectivity index is 1.47. The molecule has 4 nitrogen and oxygen atoms in total. The second-order valence-corrected chi connectivity index (χ2v) is 8.52. The van der Waals surface area contributed by atoms with Crippen LogP contribution in [0.3, 0.4) is 0 Å². The van der Waals surface area contributed by atoms with Crippen LogP contribution in [0.25, 0.3) is 0 Å². The van der Waals surface area contributed by atoms with E-state index in [2.05, 4.69) is 28.4 Å². The van der Waals surface area contributed by atoms with Crippen molar-refractivity contribution in [3.05, 3.63) is 84.4 Å². The molecule has 0 aromatic heterocycles. The number of piperazine rings is 1. The van der Waals surface area contributed by atoms with Gasteiger partial charge in [0.05, 0.1) is 0 Å². The van der Waals surface area contributed by atoms with Gasteiger partial charge in [0.2, 0.25) is 0 Å². The van der Waals surface area contributed by atoms with Crippen LogP contribution in [0.4, 0.5) is 0 Å². The van der Waals surface area contributed by atoms with Crippen LogP contribution in [0.15, 0.2) is 78.9 Å². The lowest BCUT2D eigenvalue weighted by Crippen LogP contribution is -2.45. The molecule has 31 heavy (non-hydrogen) atoms. The highest BCUT2D eigenvalue weighted by atomic mass is 16.5. The number of hydrogen-bond acceptors (Lipinski definition) is 4. The Labute approximate surface area is 184 Å². The highest BCUT2D eigenvalue weighted by Gasteiger charge is 2.31. The van der Waals surface area contributed by atoms with Gasteiger partial charge in [0, 0.05) is 32.2 Å². The molecule has 2 aliphatic rings. The molecule has 160 valence electrons. The van der Waals surface area contributed by atoms with Crippen molar-refractivity contribution < 1.29 is 9.47 Å². The summed E-state index contributed by atoms with van der Waals surface area (Å²) < 4.78 is 12.5. The second-order valence-electron chi connectivity index (χ2n) is 8.52. The molecular weight excluding hydrogens is 384 g/mol. The zero-order chi connectivity index (χ0) is 20.9. The van der Waals surface area contributed by atoms with Gasteiger partial charge in [-0.3, -0.25) is 4.90 Å². The van der Waals surface area contributed by atoms with E-state index in [4.69, 9.17) is 9.47 Å². The van der Waals surface area contributed by atoms with E-state index in [1.165, 1.54) is 24.8 Å². The average Bonchev–Trinajstić information content (AvgIpc) is 3.65. The molecule has 1 atom stereocenters. The lowest BCUT2D eigenvalue weighted by atomic mass is 9.98. The van der Waals surface area contributed by atoms with E-state index in [1.807, 2.05) is 60.7 Å². The highest BCUT2D eigenvalue weighted by molar-refractivity contribution is 5.48. The minimum absolute atomic E-state index is 0.429. The molecule has 4 heteroatoms. The zero-order valence-electron chi connectivity index (χ0n) is 17.9. The SMILES string of the molecule is c1ccc(Oc2ccc([C@H](CC3CC3)N3CCNCC3)cc2Oc2ccccc2)cc1. The minimum Gasteiger partial charge on any atom is -0.453 e. The number of nitrogens with zero attached hydrogens (tertiary/aromatic N) is 1. The third-order valence-corrected chi connectivity index (χ3v) is 6.14. The van der Waals surface area contributed by atoms with E-state index in [0.717, 1.165) is 55.1 Å². The van der Waals surface area contributed by atoms with Gasteiger partial charge in [-0.2, -0.15) is 0 Å². The zero-order valence-corrected chi connectivity index (χ0v) is 17.9. The molecule has 1 aliphatic heterocycles. The van der Waals surface area contributed by atoms with E-state index >= 15 is 0 Å². The summed E-state index contributed by atoms with van der Waals surface area (Å²) >= 11 is 0. The van der Waals surface area contributed by atoms with Gasteiger partial charge in [-0.05, 0) is 54.3 Å². The summed E-state index contributed by atoms with van der Waals surface area (Å²) in [5.74, 6) is 4.00.